The molecule has 0 fully saturated rings. The molecule has 0 aliphatic carbocycles. The number of hydrazine groups is 2. The first-order valence-electron chi connectivity index (χ1n) is 3.12. The van der Waals surface area contributed by atoms with E-state index in [0.717, 1.165) is 10.1 Å². The Balaban J connectivity index is 1.82. The smallest absolute Gasteiger partial charge is 0.149 e. The van der Waals surface area contributed by atoms with E-state index in [9.17, 15) is 0 Å². The van der Waals surface area contributed by atoms with Crippen molar-refractivity contribution >= 4 is 21.6 Å². The Kier molecular flexibility index (Phi) is 2.39. The van der Waals surface area contributed by atoms with Crippen molar-refractivity contribution in [2.45, 2.75) is 5.03 Å². The molecule has 1 aromatic heterocycles. The molecule has 8 heteroatoms. The van der Waals surface area contributed by atoms with Gasteiger partial charge < -0.3 is 5.43 Å². The van der Waals surface area contributed by atoms with Gasteiger partial charge in [-0.15, -0.1) is 5.10 Å². The molecule has 0 bridgehead atoms. The largest absolute Gasteiger partial charge is 0.309 e. The highest BCUT2D eigenvalue weighted by atomic mass is 33.1. The number of nitrogens with zero attached hydrogens (tertiary/aromatic N) is 2. The Morgan fingerprint density at radius 3 is 3.00 bits per heavy atom. The molecule has 0 spiro atoms. The van der Waals surface area contributed by atoms with Crippen molar-refractivity contribution in [3.05, 3.63) is 17.4 Å². The van der Waals surface area contributed by atoms with Gasteiger partial charge in [-0.3, -0.25) is 5.43 Å². The van der Waals surface area contributed by atoms with E-state index in [4.69, 9.17) is 0 Å². The van der Waals surface area contributed by atoms with Crippen LogP contribution in [-0.2, 0) is 0 Å². The van der Waals surface area contributed by atoms with Crippen LogP contribution in [0.4, 0.5) is 0 Å². The van der Waals surface area contributed by atoms with Gasteiger partial charge in [-0.2, -0.15) is 15.8 Å². The zero-order valence-corrected chi connectivity index (χ0v) is 7.50. The van der Waals surface area contributed by atoms with E-state index in [1.54, 1.807) is 17.0 Å². The molecule has 4 N–H and O–H groups in total. The van der Waals surface area contributed by atoms with Crippen LogP contribution in [0.5, 0.6) is 0 Å². The van der Waals surface area contributed by atoms with E-state index in [1.807, 2.05) is 6.20 Å². The van der Waals surface area contributed by atoms with Gasteiger partial charge >= 0.3 is 0 Å². The maximum atomic E-state index is 3.89. The fraction of sp³-hybridized carbons (Fsp3) is 0. The van der Waals surface area contributed by atoms with Crippen molar-refractivity contribution in [2.24, 2.45) is 0 Å². The highest BCUT2D eigenvalue weighted by Gasteiger charge is 2.04. The molecule has 0 unspecified atom stereocenters. The Labute approximate surface area is 76.3 Å². The van der Waals surface area contributed by atoms with Gasteiger partial charge in [-0.1, -0.05) is 0 Å². The normalized spacial score (nSPS) is 15.2. The lowest BCUT2D eigenvalue weighted by Gasteiger charge is -1.97. The summed E-state index contributed by atoms with van der Waals surface area (Å²) in [5.74, 6) is 0. The van der Waals surface area contributed by atoms with Crippen LogP contribution >= 0.6 is 21.6 Å². The third-order valence-electron chi connectivity index (χ3n) is 1.07. The quantitative estimate of drug-likeness (QED) is 0.512. The summed E-state index contributed by atoms with van der Waals surface area (Å²) in [4.78, 5) is 0. The second kappa shape index (κ2) is 3.70. The van der Waals surface area contributed by atoms with Gasteiger partial charge in [0, 0.05) is 6.20 Å². The van der Waals surface area contributed by atoms with E-state index in [-0.39, 0.29) is 0 Å². The summed E-state index contributed by atoms with van der Waals surface area (Å²) in [5, 5.41) is 12.0. The van der Waals surface area contributed by atoms with Crippen LogP contribution in [0.25, 0.3) is 0 Å². The maximum absolute atomic E-state index is 3.89. The first-order valence-corrected chi connectivity index (χ1v) is 5.27. The Morgan fingerprint density at radius 1 is 1.33 bits per heavy atom. The molecule has 1 aromatic rings. The van der Waals surface area contributed by atoms with E-state index >= 15 is 0 Å². The average Bonchev–Trinajstić information content (AvgIpc) is 2.74. The summed E-state index contributed by atoms with van der Waals surface area (Å²) in [6, 6.07) is 0. The lowest BCUT2D eigenvalue weighted by atomic mass is 11.0. The molecular formula is C4H6N6S2. The lowest BCUT2D eigenvalue weighted by Crippen LogP contribution is -2.30. The Hall–Kier alpha value is -0.860. The Bertz CT molecular complexity index is 269. The molecule has 0 radical (unpaired) electrons. The third-order valence-corrected chi connectivity index (χ3v) is 3.22. The third kappa shape index (κ3) is 1.84. The van der Waals surface area contributed by atoms with E-state index in [0.29, 0.717) is 0 Å². The molecule has 0 amide bonds. The maximum Gasteiger partial charge on any atom is 0.149 e. The number of hydrogen-bond acceptors (Lipinski definition) is 7. The molecule has 2 heterocycles. The molecule has 1 aliphatic rings. The summed E-state index contributed by atoms with van der Waals surface area (Å²) < 4.78 is 0. The predicted molar refractivity (Wildman–Crippen MR) is 47.3 cm³/mol. The second-order valence-electron chi connectivity index (χ2n) is 1.88. The molecule has 2 rings (SSSR count). The van der Waals surface area contributed by atoms with Gasteiger partial charge in [0.05, 0.1) is 6.20 Å². The molecule has 0 aromatic carbocycles. The molecule has 0 saturated heterocycles. The van der Waals surface area contributed by atoms with Crippen LogP contribution in [0.2, 0.25) is 0 Å². The fourth-order valence-corrected chi connectivity index (χ4v) is 2.18. The number of H-pyrrole nitrogens is 1. The van der Waals surface area contributed by atoms with Crippen molar-refractivity contribution in [1.82, 2.24) is 31.8 Å². The van der Waals surface area contributed by atoms with Gasteiger partial charge in [0.25, 0.3) is 0 Å². The summed E-state index contributed by atoms with van der Waals surface area (Å²) in [5.41, 5.74) is 8.44. The second-order valence-corrected chi connectivity index (χ2v) is 4.07. The van der Waals surface area contributed by atoms with Crippen molar-refractivity contribution in [1.29, 1.82) is 0 Å². The fourth-order valence-electron chi connectivity index (χ4n) is 0.599. The first-order chi connectivity index (χ1) is 5.95. The van der Waals surface area contributed by atoms with Gasteiger partial charge in [0.15, 0.2) is 0 Å². The number of rotatable bonds is 3. The van der Waals surface area contributed by atoms with Crippen LogP contribution in [0.15, 0.2) is 22.5 Å². The molecular weight excluding hydrogens is 196 g/mol. The monoisotopic (exact) mass is 202 g/mol. The number of aromatic amines is 1. The van der Waals surface area contributed by atoms with Crippen LogP contribution in [0.3, 0.4) is 0 Å². The standard InChI is InChI=1S/C4H6N6S2/c1-3(7-9-5-1)11-12-4-2-6-10-8-4/h1-2,5,7,9H,(H,6,8,10). The van der Waals surface area contributed by atoms with E-state index < -0.39 is 0 Å². The van der Waals surface area contributed by atoms with Gasteiger partial charge in [-0.25, -0.2) is 0 Å². The number of aromatic nitrogens is 3. The van der Waals surface area contributed by atoms with Crippen LogP contribution in [0.1, 0.15) is 0 Å². The van der Waals surface area contributed by atoms with E-state index in [2.05, 4.69) is 31.8 Å². The minimum Gasteiger partial charge on any atom is -0.309 e. The van der Waals surface area contributed by atoms with Crippen molar-refractivity contribution in [3.63, 3.8) is 0 Å². The zero-order valence-electron chi connectivity index (χ0n) is 5.87. The summed E-state index contributed by atoms with van der Waals surface area (Å²) in [6.07, 6.45) is 3.51. The van der Waals surface area contributed by atoms with Crippen LogP contribution in [0, 0.1) is 0 Å². The summed E-state index contributed by atoms with van der Waals surface area (Å²) in [6.45, 7) is 0. The Morgan fingerprint density at radius 2 is 2.33 bits per heavy atom. The predicted octanol–water partition coefficient (Wildman–Crippen LogP) is -0.0437. The average molecular weight is 202 g/mol. The molecule has 0 atom stereocenters. The molecule has 12 heavy (non-hydrogen) atoms. The number of hydrogen-bond donors (Lipinski definition) is 4. The van der Waals surface area contributed by atoms with Gasteiger partial charge in [0.1, 0.15) is 10.1 Å². The van der Waals surface area contributed by atoms with E-state index in [1.165, 1.54) is 10.8 Å². The topological polar surface area (TPSA) is 77.7 Å². The molecule has 0 saturated carbocycles. The number of nitrogens with one attached hydrogen (secondary N) is 4. The minimum atomic E-state index is 0.856. The highest BCUT2D eigenvalue weighted by Crippen LogP contribution is 2.33. The highest BCUT2D eigenvalue weighted by molar-refractivity contribution is 8.78. The summed E-state index contributed by atoms with van der Waals surface area (Å²) in [7, 11) is 3.09. The SMILES string of the molecule is C1=C(SSc2cn[nH]n2)NNN1. The molecule has 64 valence electrons. The summed E-state index contributed by atoms with van der Waals surface area (Å²) >= 11 is 0. The van der Waals surface area contributed by atoms with Crippen molar-refractivity contribution in [2.75, 3.05) is 0 Å². The van der Waals surface area contributed by atoms with Crippen LogP contribution in [-0.4, -0.2) is 15.4 Å². The molecule has 6 nitrogen and oxygen atoms in total. The van der Waals surface area contributed by atoms with Gasteiger partial charge in [0.2, 0.25) is 0 Å². The zero-order chi connectivity index (χ0) is 8.23. The van der Waals surface area contributed by atoms with Gasteiger partial charge in [-0.05, 0) is 21.6 Å². The van der Waals surface area contributed by atoms with Crippen LogP contribution < -0.4 is 16.4 Å². The molecule has 1 aliphatic heterocycles. The van der Waals surface area contributed by atoms with Crippen molar-refractivity contribution in [3.8, 4) is 0 Å². The lowest BCUT2D eigenvalue weighted by molar-refractivity contribution is 0.611. The van der Waals surface area contributed by atoms with Crippen molar-refractivity contribution < 1.29 is 0 Å². The minimum absolute atomic E-state index is 0.856. The first kappa shape index (κ1) is 7.77.